The van der Waals surface area contributed by atoms with E-state index in [0.717, 1.165) is 18.2 Å². The van der Waals surface area contributed by atoms with Crippen molar-refractivity contribution in [3.05, 3.63) is 29.8 Å². The van der Waals surface area contributed by atoms with Gasteiger partial charge in [-0.2, -0.15) is 0 Å². The predicted molar refractivity (Wildman–Crippen MR) is 46.0 cm³/mol. The first kappa shape index (κ1) is 9.40. The second-order valence-corrected chi connectivity index (χ2v) is 3.26. The first-order valence-corrected chi connectivity index (χ1v) is 4.43. The standard InChI is InChI=1S/C10H10F2O2/c1-2-10(6-13-10)14-9-4-7(11)3-8(12)5-9/h3-5H,2,6H2,1H3. The van der Waals surface area contributed by atoms with Gasteiger partial charge in [0, 0.05) is 24.6 Å². The molecule has 1 saturated heterocycles. The fraction of sp³-hybridized carbons (Fsp3) is 0.400. The zero-order chi connectivity index (χ0) is 10.2. The molecule has 2 rings (SSSR count). The largest absolute Gasteiger partial charge is 0.460 e. The Kier molecular flexibility index (Phi) is 2.15. The summed E-state index contributed by atoms with van der Waals surface area (Å²) in [4.78, 5) is 0. The van der Waals surface area contributed by atoms with Crippen LogP contribution in [0.4, 0.5) is 8.78 Å². The molecule has 1 aromatic rings. The van der Waals surface area contributed by atoms with E-state index in [-0.39, 0.29) is 5.75 Å². The Hall–Kier alpha value is -1.16. The molecule has 0 aliphatic carbocycles. The van der Waals surface area contributed by atoms with Gasteiger partial charge in [0.15, 0.2) is 0 Å². The Bertz CT molecular complexity index is 328. The summed E-state index contributed by atoms with van der Waals surface area (Å²) in [5.41, 5.74) is 0. The lowest BCUT2D eigenvalue weighted by Crippen LogP contribution is -2.18. The van der Waals surface area contributed by atoms with Crippen LogP contribution in [0.2, 0.25) is 0 Å². The predicted octanol–water partition coefficient (Wildman–Crippen LogP) is 2.48. The van der Waals surface area contributed by atoms with Gasteiger partial charge >= 0.3 is 0 Å². The summed E-state index contributed by atoms with van der Waals surface area (Å²) < 4.78 is 35.9. The van der Waals surface area contributed by atoms with Crippen molar-refractivity contribution in [2.45, 2.75) is 19.1 Å². The molecule has 1 aromatic carbocycles. The summed E-state index contributed by atoms with van der Waals surface area (Å²) in [7, 11) is 0. The Morgan fingerprint density at radius 3 is 2.36 bits per heavy atom. The Morgan fingerprint density at radius 1 is 1.36 bits per heavy atom. The van der Waals surface area contributed by atoms with Crippen LogP contribution in [0.15, 0.2) is 18.2 Å². The van der Waals surface area contributed by atoms with Crippen LogP contribution in [-0.2, 0) is 4.74 Å². The quantitative estimate of drug-likeness (QED) is 0.699. The minimum Gasteiger partial charge on any atom is -0.460 e. The summed E-state index contributed by atoms with van der Waals surface area (Å²) in [5.74, 6) is -1.78. The van der Waals surface area contributed by atoms with Crippen LogP contribution in [0.5, 0.6) is 5.75 Å². The SMILES string of the molecule is CCC1(Oc2cc(F)cc(F)c2)CO1. The monoisotopic (exact) mass is 200 g/mol. The zero-order valence-electron chi connectivity index (χ0n) is 7.72. The van der Waals surface area contributed by atoms with E-state index in [1.807, 2.05) is 6.92 Å². The van der Waals surface area contributed by atoms with E-state index in [4.69, 9.17) is 9.47 Å². The van der Waals surface area contributed by atoms with Crippen LogP contribution in [0.25, 0.3) is 0 Å². The van der Waals surface area contributed by atoms with Crippen molar-refractivity contribution >= 4 is 0 Å². The number of rotatable bonds is 3. The highest BCUT2D eigenvalue weighted by atomic mass is 19.1. The molecule has 76 valence electrons. The summed E-state index contributed by atoms with van der Waals surface area (Å²) in [5, 5.41) is 0. The maximum atomic E-state index is 12.8. The fourth-order valence-corrected chi connectivity index (χ4v) is 1.22. The third kappa shape index (κ3) is 1.85. The lowest BCUT2D eigenvalue weighted by atomic mass is 10.3. The molecule has 0 aromatic heterocycles. The zero-order valence-corrected chi connectivity index (χ0v) is 7.72. The minimum absolute atomic E-state index is 0.168. The van der Waals surface area contributed by atoms with Gasteiger partial charge in [-0.25, -0.2) is 8.78 Å². The van der Waals surface area contributed by atoms with Gasteiger partial charge in [-0.15, -0.1) is 0 Å². The highest BCUT2D eigenvalue weighted by Crippen LogP contribution is 2.34. The number of hydrogen-bond acceptors (Lipinski definition) is 2. The average Bonchev–Trinajstić information content (AvgIpc) is 2.83. The van der Waals surface area contributed by atoms with E-state index in [0.29, 0.717) is 13.0 Å². The van der Waals surface area contributed by atoms with Crippen LogP contribution >= 0.6 is 0 Å². The van der Waals surface area contributed by atoms with Crippen LogP contribution in [0, 0.1) is 11.6 Å². The maximum absolute atomic E-state index is 12.8. The second-order valence-electron chi connectivity index (χ2n) is 3.26. The molecular weight excluding hydrogens is 190 g/mol. The van der Waals surface area contributed by atoms with Gasteiger partial charge in [0.25, 0.3) is 0 Å². The highest BCUT2D eigenvalue weighted by Gasteiger charge is 2.46. The number of ether oxygens (including phenoxy) is 2. The fourth-order valence-electron chi connectivity index (χ4n) is 1.22. The third-order valence-electron chi connectivity index (χ3n) is 2.14. The van der Waals surface area contributed by atoms with Crippen LogP contribution < -0.4 is 4.74 Å². The van der Waals surface area contributed by atoms with Gasteiger partial charge in [-0.1, -0.05) is 6.92 Å². The van der Waals surface area contributed by atoms with Gasteiger partial charge < -0.3 is 9.47 Å². The highest BCUT2D eigenvalue weighted by molar-refractivity contribution is 5.24. The molecular formula is C10H10F2O2. The Labute approximate surface area is 80.4 Å². The molecule has 0 spiro atoms. The lowest BCUT2D eigenvalue weighted by molar-refractivity contribution is 0.0579. The number of halogens is 2. The average molecular weight is 200 g/mol. The van der Waals surface area contributed by atoms with Crippen molar-refractivity contribution in [2.24, 2.45) is 0 Å². The van der Waals surface area contributed by atoms with Crippen LogP contribution in [0.1, 0.15) is 13.3 Å². The van der Waals surface area contributed by atoms with Crippen LogP contribution in [-0.4, -0.2) is 12.4 Å². The summed E-state index contributed by atoms with van der Waals surface area (Å²) >= 11 is 0. The molecule has 0 radical (unpaired) electrons. The molecule has 1 heterocycles. The van der Waals surface area contributed by atoms with Gasteiger partial charge in [-0.05, 0) is 0 Å². The van der Waals surface area contributed by atoms with Gasteiger partial charge in [0.1, 0.15) is 24.0 Å². The van der Waals surface area contributed by atoms with Crippen molar-refractivity contribution in [1.82, 2.24) is 0 Å². The number of hydrogen-bond donors (Lipinski definition) is 0. The molecule has 1 aliphatic heterocycles. The van der Waals surface area contributed by atoms with Gasteiger partial charge in [-0.3, -0.25) is 0 Å². The lowest BCUT2D eigenvalue weighted by Gasteiger charge is -2.12. The van der Waals surface area contributed by atoms with Crippen molar-refractivity contribution in [1.29, 1.82) is 0 Å². The van der Waals surface area contributed by atoms with Crippen molar-refractivity contribution in [3.8, 4) is 5.75 Å². The van der Waals surface area contributed by atoms with E-state index in [2.05, 4.69) is 0 Å². The van der Waals surface area contributed by atoms with Crippen molar-refractivity contribution in [2.75, 3.05) is 6.61 Å². The van der Waals surface area contributed by atoms with Crippen molar-refractivity contribution in [3.63, 3.8) is 0 Å². The van der Waals surface area contributed by atoms with Gasteiger partial charge in [0.2, 0.25) is 5.79 Å². The smallest absolute Gasteiger partial charge is 0.234 e. The molecule has 0 amide bonds. The van der Waals surface area contributed by atoms with Crippen LogP contribution in [0.3, 0.4) is 0 Å². The molecule has 0 saturated carbocycles. The maximum Gasteiger partial charge on any atom is 0.234 e. The Balaban J connectivity index is 2.16. The molecule has 1 fully saturated rings. The molecule has 0 bridgehead atoms. The van der Waals surface area contributed by atoms with E-state index in [1.54, 1.807) is 0 Å². The molecule has 2 nitrogen and oxygen atoms in total. The third-order valence-corrected chi connectivity index (χ3v) is 2.14. The molecule has 1 atom stereocenters. The molecule has 4 heteroatoms. The molecule has 1 aliphatic rings. The normalized spacial score (nSPS) is 24.8. The summed E-state index contributed by atoms with van der Waals surface area (Å²) in [6.07, 6.45) is 0.658. The molecule has 0 N–H and O–H groups in total. The summed E-state index contributed by atoms with van der Waals surface area (Å²) in [6.45, 7) is 2.37. The Morgan fingerprint density at radius 2 is 1.93 bits per heavy atom. The molecule has 1 unspecified atom stereocenters. The van der Waals surface area contributed by atoms with Crippen molar-refractivity contribution < 1.29 is 18.3 Å². The van der Waals surface area contributed by atoms with E-state index in [9.17, 15) is 8.78 Å². The minimum atomic E-state index is -0.653. The number of epoxide rings is 1. The van der Waals surface area contributed by atoms with Gasteiger partial charge in [0.05, 0.1) is 0 Å². The van der Waals surface area contributed by atoms with E-state index in [1.165, 1.54) is 0 Å². The van der Waals surface area contributed by atoms with E-state index >= 15 is 0 Å². The summed E-state index contributed by atoms with van der Waals surface area (Å²) in [6, 6.07) is 3.09. The molecule has 14 heavy (non-hydrogen) atoms. The first-order valence-electron chi connectivity index (χ1n) is 4.43. The van der Waals surface area contributed by atoms with E-state index < -0.39 is 17.4 Å². The second kappa shape index (κ2) is 3.20. The topological polar surface area (TPSA) is 21.8 Å². The number of benzene rings is 1. The first-order chi connectivity index (χ1) is 6.63.